The lowest BCUT2D eigenvalue weighted by Crippen LogP contribution is -2.39. The van der Waals surface area contributed by atoms with Crippen molar-refractivity contribution in [3.05, 3.63) is 24.3 Å². The Hall–Kier alpha value is -1.62. The van der Waals surface area contributed by atoms with Gasteiger partial charge in [0, 0.05) is 20.1 Å². The Morgan fingerprint density at radius 1 is 1.11 bits per heavy atom. The van der Waals surface area contributed by atoms with Gasteiger partial charge in [0.15, 0.2) is 0 Å². The molecular formula is C13H21N5. The molecule has 1 aromatic heterocycles. The maximum absolute atomic E-state index is 4.20. The largest absolute Gasteiger partial charge is 0.302 e. The van der Waals surface area contributed by atoms with E-state index in [0.29, 0.717) is 0 Å². The molecule has 0 aliphatic heterocycles. The Morgan fingerprint density at radius 2 is 1.83 bits per heavy atom. The molecule has 0 saturated carbocycles. The van der Waals surface area contributed by atoms with Gasteiger partial charge < -0.3 is 4.90 Å². The van der Waals surface area contributed by atoms with Gasteiger partial charge in [-0.15, -0.1) is 5.10 Å². The molecule has 1 heterocycles. The summed E-state index contributed by atoms with van der Waals surface area (Å²) in [4.78, 5) is 4.27. The van der Waals surface area contributed by atoms with Crippen LogP contribution >= 0.6 is 0 Å². The van der Waals surface area contributed by atoms with Gasteiger partial charge in [-0.25, -0.2) is 0 Å². The summed E-state index contributed by atoms with van der Waals surface area (Å²) in [6, 6.07) is 8.03. The van der Waals surface area contributed by atoms with Crippen LogP contribution < -0.4 is 5.01 Å². The summed E-state index contributed by atoms with van der Waals surface area (Å²) in [5.41, 5.74) is 1.99. The van der Waals surface area contributed by atoms with Crippen LogP contribution in [0.4, 0.5) is 0 Å². The van der Waals surface area contributed by atoms with Crippen LogP contribution in [-0.2, 0) is 0 Å². The molecule has 0 atom stereocenters. The normalized spacial score (nSPS) is 11.3. The van der Waals surface area contributed by atoms with Gasteiger partial charge in [0.2, 0.25) is 0 Å². The van der Waals surface area contributed by atoms with Crippen molar-refractivity contribution in [3.63, 3.8) is 0 Å². The van der Waals surface area contributed by atoms with E-state index in [-0.39, 0.29) is 0 Å². The third-order valence-corrected chi connectivity index (χ3v) is 3.29. The molecule has 5 heteroatoms. The molecule has 0 aliphatic rings. The molecule has 0 N–H and O–H groups in total. The third-order valence-electron chi connectivity index (χ3n) is 3.29. The summed E-state index contributed by atoms with van der Waals surface area (Å²) >= 11 is 0. The summed E-state index contributed by atoms with van der Waals surface area (Å²) in [6.07, 6.45) is 0. The minimum absolute atomic E-state index is 0.937. The van der Waals surface area contributed by atoms with E-state index in [4.69, 9.17) is 0 Å². The first-order valence-corrected chi connectivity index (χ1v) is 6.50. The highest BCUT2D eigenvalue weighted by Gasteiger charge is 2.08. The van der Waals surface area contributed by atoms with Crippen LogP contribution in [0.1, 0.15) is 13.8 Å². The Bertz CT molecular complexity index is 489. The van der Waals surface area contributed by atoms with Crippen LogP contribution in [0, 0.1) is 0 Å². The van der Waals surface area contributed by atoms with Crippen molar-refractivity contribution in [2.24, 2.45) is 0 Å². The summed E-state index contributed by atoms with van der Waals surface area (Å²) in [6.45, 7) is 8.53. The molecule has 0 spiro atoms. The second-order valence-corrected chi connectivity index (χ2v) is 4.38. The smallest absolute Gasteiger partial charge is 0.115 e. The first kappa shape index (κ1) is 12.8. The fourth-order valence-electron chi connectivity index (χ4n) is 2.03. The minimum Gasteiger partial charge on any atom is -0.302 e. The molecule has 0 radical (unpaired) electrons. The number of para-hydroxylation sites is 1. The molecule has 1 aromatic carbocycles. The highest BCUT2D eigenvalue weighted by Crippen LogP contribution is 2.09. The number of benzene rings is 1. The number of likely N-dealkylation sites (N-methyl/N-ethyl adjacent to an activating group) is 2. The van der Waals surface area contributed by atoms with E-state index < -0.39 is 0 Å². The Balaban J connectivity index is 2.07. The zero-order valence-corrected chi connectivity index (χ0v) is 11.4. The summed E-state index contributed by atoms with van der Waals surface area (Å²) in [7, 11) is 2.05. The van der Waals surface area contributed by atoms with Crippen molar-refractivity contribution in [2.45, 2.75) is 13.8 Å². The average molecular weight is 247 g/mol. The topological polar surface area (TPSA) is 37.2 Å². The van der Waals surface area contributed by atoms with Crippen LogP contribution in [0.15, 0.2) is 24.3 Å². The number of rotatable bonds is 6. The maximum atomic E-state index is 4.20. The van der Waals surface area contributed by atoms with Gasteiger partial charge in [-0.2, -0.15) is 4.79 Å². The lowest BCUT2D eigenvalue weighted by atomic mass is 10.3. The van der Waals surface area contributed by atoms with Crippen molar-refractivity contribution >= 4 is 11.0 Å². The van der Waals surface area contributed by atoms with Crippen LogP contribution in [0.2, 0.25) is 0 Å². The number of nitrogens with zero attached hydrogens (tertiary/aromatic N) is 5. The fraction of sp³-hybridized carbons (Fsp3) is 0.538. The molecule has 0 saturated heterocycles. The third kappa shape index (κ3) is 2.61. The molecule has 0 aliphatic carbocycles. The monoisotopic (exact) mass is 247 g/mol. The maximum Gasteiger partial charge on any atom is 0.115 e. The standard InChI is InChI=1S/C13H21N5/c1-4-17(5-2)11-10-16(3)18-13-9-7-6-8-12(13)14-15-18/h6-9H,4-5,10-11H2,1-3H3. The summed E-state index contributed by atoms with van der Waals surface area (Å²) in [5.74, 6) is 0. The van der Waals surface area contributed by atoms with Gasteiger partial charge in [0.1, 0.15) is 11.0 Å². The van der Waals surface area contributed by atoms with E-state index in [1.807, 2.05) is 36.1 Å². The summed E-state index contributed by atoms with van der Waals surface area (Å²) in [5, 5.41) is 10.5. The quantitative estimate of drug-likeness (QED) is 0.772. The zero-order valence-electron chi connectivity index (χ0n) is 11.4. The number of fused-ring (bicyclic) bond motifs is 1. The predicted molar refractivity (Wildman–Crippen MR) is 74.3 cm³/mol. The van der Waals surface area contributed by atoms with Crippen molar-refractivity contribution in [1.82, 2.24) is 20.0 Å². The molecule has 2 rings (SSSR count). The molecule has 98 valence electrons. The van der Waals surface area contributed by atoms with Gasteiger partial charge >= 0.3 is 0 Å². The van der Waals surface area contributed by atoms with E-state index in [2.05, 4.69) is 34.1 Å². The molecule has 2 aromatic rings. The SMILES string of the molecule is CCN(CC)CCN(C)n1nnc2ccccc21. The van der Waals surface area contributed by atoms with Gasteiger partial charge in [0.05, 0.1) is 0 Å². The van der Waals surface area contributed by atoms with E-state index in [1.165, 1.54) is 0 Å². The zero-order chi connectivity index (χ0) is 13.0. The highest BCUT2D eigenvalue weighted by atomic mass is 15.7. The minimum atomic E-state index is 0.937. The van der Waals surface area contributed by atoms with Crippen LogP contribution in [0.25, 0.3) is 11.0 Å². The van der Waals surface area contributed by atoms with Crippen molar-refractivity contribution in [3.8, 4) is 0 Å². The lowest BCUT2D eigenvalue weighted by Gasteiger charge is -2.24. The molecule has 0 amide bonds. The van der Waals surface area contributed by atoms with Gasteiger partial charge in [-0.1, -0.05) is 26.0 Å². The summed E-state index contributed by atoms with van der Waals surface area (Å²) < 4.78 is 0. The van der Waals surface area contributed by atoms with Gasteiger partial charge in [-0.05, 0) is 30.4 Å². The van der Waals surface area contributed by atoms with Crippen LogP contribution in [0.3, 0.4) is 0 Å². The van der Waals surface area contributed by atoms with E-state index >= 15 is 0 Å². The van der Waals surface area contributed by atoms with E-state index in [1.54, 1.807) is 0 Å². The first-order valence-electron chi connectivity index (χ1n) is 6.50. The van der Waals surface area contributed by atoms with Gasteiger partial charge in [-0.3, -0.25) is 5.01 Å². The number of aromatic nitrogens is 3. The van der Waals surface area contributed by atoms with E-state index in [9.17, 15) is 0 Å². The van der Waals surface area contributed by atoms with Crippen molar-refractivity contribution in [1.29, 1.82) is 0 Å². The molecule has 0 unspecified atom stereocenters. The number of hydrogen-bond acceptors (Lipinski definition) is 4. The van der Waals surface area contributed by atoms with Gasteiger partial charge in [0.25, 0.3) is 0 Å². The average Bonchev–Trinajstić information content (AvgIpc) is 2.83. The van der Waals surface area contributed by atoms with Crippen LogP contribution in [-0.4, -0.2) is 53.2 Å². The van der Waals surface area contributed by atoms with Crippen molar-refractivity contribution in [2.75, 3.05) is 38.2 Å². The Kier molecular flexibility index (Phi) is 4.15. The second kappa shape index (κ2) is 5.82. The lowest BCUT2D eigenvalue weighted by molar-refractivity contribution is 0.302. The predicted octanol–water partition coefficient (Wildman–Crippen LogP) is 1.34. The van der Waals surface area contributed by atoms with E-state index in [0.717, 1.165) is 37.2 Å². The van der Waals surface area contributed by atoms with Crippen molar-refractivity contribution < 1.29 is 0 Å². The molecule has 0 fully saturated rings. The molecule has 18 heavy (non-hydrogen) atoms. The molecular weight excluding hydrogens is 226 g/mol. The Labute approximate surface area is 108 Å². The fourth-order valence-corrected chi connectivity index (χ4v) is 2.03. The molecule has 0 bridgehead atoms. The Morgan fingerprint density at radius 3 is 2.56 bits per heavy atom. The molecule has 5 nitrogen and oxygen atoms in total. The first-order chi connectivity index (χ1) is 8.76. The highest BCUT2D eigenvalue weighted by molar-refractivity contribution is 5.74. The number of hydrogen-bond donors (Lipinski definition) is 0. The second-order valence-electron chi connectivity index (χ2n) is 4.38. The van der Waals surface area contributed by atoms with Crippen LogP contribution in [0.5, 0.6) is 0 Å².